The lowest BCUT2D eigenvalue weighted by Gasteiger charge is -2.19. The van der Waals surface area contributed by atoms with Gasteiger partial charge in [-0.2, -0.15) is 0 Å². The van der Waals surface area contributed by atoms with Gasteiger partial charge in [0.05, 0.1) is 12.9 Å². The summed E-state index contributed by atoms with van der Waals surface area (Å²) in [5, 5.41) is 9.18. The fourth-order valence-corrected chi connectivity index (χ4v) is 3.89. The van der Waals surface area contributed by atoms with Crippen molar-refractivity contribution in [2.24, 2.45) is 5.41 Å². The quantitative estimate of drug-likeness (QED) is 0.893. The Morgan fingerprint density at radius 1 is 1.33 bits per heavy atom. The molecule has 0 bridgehead atoms. The molecule has 1 aromatic carbocycles. The molecule has 0 aliphatic heterocycles. The zero-order chi connectivity index (χ0) is 16.4. The molecule has 21 heavy (non-hydrogen) atoms. The van der Waals surface area contributed by atoms with Crippen molar-refractivity contribution in [1.29, 1.82) is 0 Å². The van der Waals surface area contributed by atoms with E-state index in [4.69, 9.17) is 21.4 Å². The molecule has 0 saturated heterocycles. The predicted octanol–water partition coefficient (Wildman–Crippen LogP) is 3.26. The Hall–Kier alpha value is -1.27. The van der Waals surface area contributed by atoms with Crippen LogP contribution in [0.25, 0.3) is 0 Å². The average molecular weight is 335 g/mol. The van der Waals surface area contributed by atoms with E-state index in [1.54, 1.807) is 0 Å². The van der Waals surface area contributed by atoms with Crippen LogP contribution < -0.4 is 4.74 Å². The Labute approximate surface area is 129 Å². The van der Waals surface area contributed by atoms with Gasteiger partial charge >= 0.3 is 5.97 Å². The van der Waals surface area contributed by atoms with Crippen molar-refractivity contribution in [3.05, 3.63) is 22.7 Å². The van der Waals surface area contributed by atoms with Crippen LogP contribution in [0.3, 0.4) is 0 Å². The topological polar surface area (TPSA) is 80.7 Å². The normalized spacial score (nSPS) is 12.2. The molecular formula is C14H19ClO5S. The number of hydrogen-bond donors (Lipinski definition) is 1. The maximum atomic E-state index is 12.5. The summed E-state index contributed by atoms with van der Waals surface area (Å²) < 4.78 is 29.9. The zero-order valence-electron chi connectivity index (χ0n) is 12.4. The number of carbonyl (C=O) groups is 1. The minimum absolute atomic E-state index is 0.0440. The van der Waals surface area contributed by atoms with Crippen LogP contribution in [0, 0.1) is 5.41 Å². The summed E-state index contributed by atoms with van der Waals surface area (Å²) in [6.07, 6.45) is 0.438. The number of rotatable bonds is 5. The Kier molecular flexibility index (Phi) is 5.28. The molecule has 0 saturated carbocycles. The molecular weight excluding hydrogens is 316 g/mol. The summed E-state index contributed by atoms with van der Waals surface area (Å²) in [5.74, 6) is -1.57. The molecule has 5 nitrogen and oxygen atoms in total. The first kappa shape index (κ1) is 17.8. The molecule has 118 valence electrons. The highest BCUT2D eigenvalue weighted by atomic mass is 35.5. The molecule has 1 N–H and O–H groups in total. The minimum atomic E-state index is -3.69. The third-order valence-corrected chi connectivity index (χ3v) is 4.84. The number of sulfone groups is 1. The Balaban J connectivity index is 3.38. The summed E-state index contributed by atoms with van der Waals surface area (Å²) in [7, 11) is -2.45. The highest BCUT2D eigenvalue weighted by molar-refractivity contribution is 7.91. The largest absolute Gasteiger partial charge is 0.494 e. The molecule has 0 aliphatic carbocycles. The first-order valence-corrected chi connectivity index (χ1v) is 8.34. The van der Waals surface area contributed by atoms with Crippen molar-refractivity contribution < 1.29 is 23.1 Å². The van der Waals surface area contributed by atoms with Gasteiger partial charge in [0.15, 0.2) is 15.6 Å². The number of ether oxygens (including phenoxy) is 1. The van der Waals surface area contributed by atoms with Gasteiger partial charge in [0.2, 0.25) is 0 Å². The second-order valence-electron chi connectivity index (χ2n) is 5.92. The number of methoxy groups -OCH3 is 1. The van der Waals surface area contributed by atoms with Crippen LogP contribution in [0.1, 0.15) is 37.6 Å². The van der Waals surface area contributed by atoms with Crippen LogP contribution in [-0.4, -0.2) is 32.4 Å². The van der Waals surface area contributed by atoms with Gasteiger partial charge in [-0.25, -0.2) is 13.2 Å². The number of hydrogen-bond acceptors (Lipinski definition) is 4. The smallest absolute Gasteiger partial charge is 0.339 e. The van der Waals surface area contributed by atoms with Crippen molar-refractivity contribution in [3.63, 3.8) is 0 Å². The van der Waals surface area contributed by atoms with E-state index in [1.165, 1.54) is 19.2 Å². The first-order valence-electron chi connectivity index (χ1n) is 6.31. The van der Waals surface area contributed by atoms with Crippen molar-refractivity contribution in [3.8, 4) is 5.75 Å². The lowest BCUT2D eigenvalue weighted by Crippen LogP contribution is -2.16. The van der Waals surface area contributed by atoms with Crippen molar-refractivity contribution in [1.82, 2.24) is 0 Å². The minimum Gasteiger partial charge on any atom is -0.494 e. The van der Waals surface area contributed by atoms with Crippen LogP contribution in [-0.2, 0) is 9.84 Å². The Morgan fingerprint density at radius 2 is 1.90 bits per heavy atom. The van der Waals surface area contributed by atoms with E-state index in [-0.39, 0.29) is 32.4 Å². The highest BCUT2D eigenvalue weighted by Crippen LogP contribution is 2.33. The van der Waals surface area contributed by atoms with Crippen LogP contribution in [0.4, 0.5) is 0 Å². The van der Waals surface area contributed by atoms with Crippen molar-refractivity contribution in [2.75, 3.05) is 12.9 Å². The molecule has 0 aliphatic rings. The summed E-state index contributed by atoms with van der Waals surface area (Å²) >= 11 is 5.84. The third-order valence-electron chi connectivity index (χ3n) is 2.91. The summed E-state index contributed by atoms with van der Waals surface area (Å²) in [5.41, 5.74) is -0.423. The summed E-state index contributed by atoms with van der Waals surface area (Å²) in [4.78, 5) is 11.0. The Morgan fingerprint density at radius 3 is 2.33 bits per heavy atom. The molecule has 1 rings (SSSR count). The van der Waals surface area contributed by atoms with E-state index in [0.29, 0.717) is 6.42 Å². The maximum absolute atomic E-state index is 12.5. The lowest BCUT2D eigenvalue weighted by atomic mass is 9.94. The molecule has 0 aromatic heterocycles. The standard InChI is InChI=1S/C14H19ClO5S/c1-14(2,3)5-6-21(18,19)11-8-9(15)7-10(13(16)17)12(11)20-4/h7-8H,5-6H2,1-4H3,(H,16,17). The van der Waals surface area contributed by atoms with Crippen LogP contribution in [0.5, 0.6) is 5.75 Å². The van der Waals surface area contributed by atoms with E-state index in [1.807, 2.05) is 20.8 Å². The van der Waals surface area contributed by atoms with Crippen LogP contribution in [0.15, 0.2) is 17.0 Å². The van der Waals surface area contributed by atoms with Gasteiger partial charge < -0.3 is 9.84 Å². The molecule has 1 aromatic rings. The SMILES string of the molecule is COc1c(C(=O)O)cc(Cl)cc1S(=O)(=O)CCC(C)(C)C. The number of carboxylic acid groups (broad SMARTS) is 1. The molecule has 7 heteroatoms. The maximum Gasteiger partial charge on any atom is 0.339 e. The number of carboxylic acids is 1. The van der Waals surface area contributed by atoms with E-state index in [9.17, 15) is 13.2 Å². The van der Waals surface area contributed by atoms with Crippen molar-refractivity contribution in [2.45, 2.75) is 32.1 Å². The zero-order valence-corrected chi connectivity index (χ0v) is 14.0. The van der Waals surface area contributed by atoms with E-state index < -0.39 is 15.8 Å². The summed E-state index contributed by atoms with van der Waals surface area (Å²) in [6, 6.07) is 2.40. The van der Waals surface area contributed by atoms with Gasteiger partial charge in [0, 0.05) is 5.02 Å². The van der Waals surface area contributed by atoms with Crippen molar-refractivity contribution >= 4 is 27.4 Å². The van der Waals surface area contributed by atoms with Gasteiger partial charge in [-0.15, -0.1) is 0 Å². The van der Waals surface area contributed by atoms with Crippen LogP contribution >= 0.6 is 11.6 Å². The molecule has 0 unspecified atom stereocenters. The number of benzene rings is 1. The lowest BCUT2D eigenvalue weighted by molar-refractivity contribution is 0.0693. The molecule has 0 amide bonds. The van der Waals surface area contributed by atoms with Gasteiger partial charge in [-0.1, -0.05) is 32.4 Å². The third kappa shape index (κ3) is 4.61. The Bertz CT molecular complexity index is 644. The fraction of sp³-hybridized carbons (Fsp3) is 0.500. The van der Waals surface area contributed by atoms with E-state index in [0.717, 1.165) is 0 Å². The fourth-order valence-electron chi connectivity index (χ4n) is 1.72. The first-order chi connectivity index (χ1) is 9.48. The van der Waals surface area contributed by atoms with Gasteiger partial charge in [-0.05, 0) is 24.0 Å². The monoisotopic (exact) mass is 334 g/mol. The van der Waals surface area contributed by atoms with Gasteiger partial charge in [0.25, 0.3) is 0 Å². The van der Waals surface area contributed by atoms with E-state index in [2.05, 4.69) is 0 Å². The second-order valence-corrected chi connectivity index (χ2v) is 8.43. The number of halogens is 1. The molecule has 0 spiro atoms. The molecule has 0 atom stereocenters. The molecule has 0 radical (unpaired) electrons. The molecule has 0 fully saturated rings. The molecule has 0 heterocycles. The van der Waals surface area contributed by atoms with Crippen LogP contribution in [0.2, 0.25) is 5.02 Å². The van der Waals surface area contributed by atoms with E-state index >= 15 is 0 Å². The van der Waals surface area contributed by atoms with Gasteiger partial charge in [0.1, 0.15) is 10.5 Å². The summed E-state index contributed by atoms with van der Waals surface area (Å²) in [6.45, 7) is 5.79. The second kappa shape index (κ2) is 6.23. The average Bonchev–Trinajstić information content (AvgIpc) is 2.34. The predicted molar refractivity (Wildman–Crippen MR) is 81.1 cm³/mol. The van der Waals surface area contributed by atoms with Gasteiger partial charge in [-0.3, -0.25) is 0 Å². The number of aromatic carboxylic acids is 1. The highest BCUT2D eigenvalue weighted by Gasteiger charge is 2.27.